The first-order valence-corrected chi connectivity index (χ1v) is 12.9. The van der Waals surface area contributed by atoms with Crippen LogP contribution < -0.4 is 5.32 Å². The van der Waals surface area contributed by atoms with Crippen LogP contribution in [-0.4, -0.2) is 26.6 Å². The molecule has 35 heavy (non-hydrogen) atoms. The number of nitrogens with one attached hydrogen (secondary N) is 1. The number of aliphatic hydroxyl groups excluding tert-OH is 1. The molecule has 5 nitrogen and oxygen atoms in total. The Morgan fingerprint density at radius 1 is 0.943 bits per heavy atom. The van der Waals surface area contributed by atoms with E-state index in [9.17, 15) is 18.7 Å². The predicted molar refractivity (Wildman–Crippen MR) is 131 cm³/mol. The van der Waals surface area contributed by atoms with E-state index in [4.69, 9.17) is 0 Å². The first-order valence-electron chi connectivity index (χ1n) is 12.9. The highest BCUT2D eigenvalue weighted by Crippen LogP contribution is 2.39. The van der Waals surface area contributed by atoms with Crippen molar-refractivity contribution in [1.29, 1.82) is 0 Å². The molecule has 1 unspecified atom stereocenters. The maximum atomic E-state index is 14.5. The normalized spacial score (nSPS) is 19.5. The molecule has 0 aliphatic heterocycles. The number of imidazole rings is 1. The van der Waals surface area contributed by atoms with E-state index >= 15 is 0 Å². The van der Waals surface area contributed by atoms with Crippen LogP contribution in [0.1, 0.15) is 87.7 Å². The van der Waals surface area contributed by atoms with Crippen LogP contribution >= 0.6 is 0 Å². The van der Waals surface area contributed by atoms with Gasteiger partial charge in [0.2, 0.25) is 5.91 Å². The number of aliphatic hydroxyl groups is 1. The molecular formula is C28H33F2N3O2. The van der Waals surface area contributed by atoms with Crippen molar-refractivity contribution in [2.45, 2.75) is 82.4 Å². The maximum absolute atomic E-state index is 14.5. The Morgan fingerprint density at radius 3 is 2.26 bits per heavy atom. The number of amides is 1. The van der Waals surface area contributed by atoms with Crippen molar-refractivity contribution in [2.24, 2.45) is 5.92 Å². The molecule has 1 heterocycles. The van der Waals surface area contributed by atoms with Gasteiger partial charge in [-0.1, -0.05) is 68.9 Å². The fraction of sp³-hybridized carbons (Fsp3) is 0.500. The minimum absolute atomic E-state index is 0.0274. The zero-order chi connectivity index (χ0) is 24.4. The summed E-state index contributed by atoms with van der Waals surface area (Å²) in [7, 11) is 0. The monoisotopic (exact) mass is 481 g/mol. The number of halogens is 2. The summed E-state index contributed by atoms with van der Waals surface area (Å²) in [6.07, 6.45) is 9.03. The standard InChI is InChI=1S/C28H33F2N3O2/c29-21-16-23-24(17-22(21)30)33(27(32-23)26(34)19-12-6-2-7-13-19)25(18-10-4-1-5-11-18)28(35)31-20-14-8-3-9-15-20/h2,6-7,12-13,16-18,20,25-26,34H,1,3-5,8-11,14-15H2,(H,31,35)/t25?,26-/m1/s1. The highest BCUT2D eigenvalue weighted by molar-refractivity contribution is 5.85. The lowest BCUT2D eigenvalue weighted by Gasteiger charge is -2.34. The van der Waals surface area contributed by atoms with Gasteiger partial charge in [-0.15, -0.1) is 0 Å². The molecule has 2 saturated carbocycles. The molecule has 2 aromatic carbocycles. The second-order valence-electron chi connectivity index (χ2n) is 10.1. The zero-order valence-corrected chi connectivity index (χ0v) is 19.9. The van der Waals surface area contributed by atoms with Gasteiger partial charge < -0.3 is 15.0 Å². The SMILES string of the molecule is O=C(NC1CCCCC1)C(C1CCCCC1)n1c([C@H](O)c2ccccc2)nc2cc(F)c(F)cc21. The maximum Gasteiger partial charge on any atom is 0.243 e. The highest BCUT2D eigenvalue weighted by Gasteiger charge is 2.36. The summed E-state index contributed by atoms with van der Waals surface area (Å²) < 4.78 is 30.3. The third-order valence-corrected chi connectivity index (χ3v) is 7.71. The molecule has 186 valence electrons. The second kappa shape index (κ2) is 10.4. The van der Waals surface area contributed by atoms with Gasteiger partial charge in [0.15, 0.2) is 11.6 Å². The summed E-state index contributed by atoms with van der Waals surface area (Å²) in [5.74, 6) is -1.84. The third-order valence-electron chi connectivity index (χ3n) is 7.71. The van der Waals surface area contributed by atoms with Crippen LogP contribution in [0.25, 0.3) is 11.0 Å². The van der Waals surface area contributed by atoms with Crippen molar-refractivity contribution < 1.29 is 18.7 Å². The smallest absolute Gasteiger partial charge is 0.243 e. The van der Waals surface area contributed by atoms with Crippen LogP contribution in [0.5, 0.6) is 0 Å². The number of aromatic nitrogens is 2. The third kappa shape index (κ3) is 4.96. The van der Waals surface area contributed by atoms with Gasteiger partial charge in [0.25, 0.3) is 0 Å². The largest absolute Gasteiger partial charge is 0.380 e. The van der Waals surface area contributed by atoms with Crippen molar-refractivity contribution >= 4 is 16.9 Å². The van der Waals surface area contributed by atoms with Crippen LogP contribution in [0.3, 0.4) is 0 Å². The Kier molecular flexibility index (Phi) is 7.14. The van der Waals surface area contributed by atoms with Crippen molar-refractivity contribution in [3.8, 4) is 0 Å². The quantitative estimate of drug-likeness (QED) is 0.456. The number of hydrogen-bond donors (Lipinski definition) is 2. The number of rotatable bonds is 6. The predicted octanol–water partition coefficient (Wildman–Crippen LogP) is 5.97. The van der Waals surface area contributed by atoms with E-state index in [1.165, 1.54) is 6.42 Å². The Balaban J connectivity index is 1.64. The van der Waals surface area contributed by atoms with Gasteiger partial charge in [0.1, 0.15) is 18.0 Å². The molecule has 1 amide bonds. The number of fused-ring (bicyclic) bond motifs is 1. The molecule has 2 fully saturated rings. The zero-order valence-electron chi connectivity index (χ0n) is 19.9. The summed E-state index contributed by atoms with van der Waals surface area (Å²) in [5, 5.41) is 14.6. The topological polar surface area (TPSA) is 67.2 Å². The van der Waals surface area contributed by atoms with E-state index in [1.807, 2.05) is 18.2 Å². The average Bonchev–Trinajstić information content (AvgIpc) is 3.23. The minimum Gasteiger partial charge on any atom is -0.380 e. The van der Waals surface area contributed by atoms with Gasteiger partial charge in [0, 0.05) is 18.2 Å². The Bertz CT molecular complexity index is 1170. The molecule has 2 N–H and O–H groups in total. The lowest BCUT2D eigenvalue weighted by Crippen LogP contribution is -2.44. The number of benzene rings is 2. The van der Waals surface area contributed by atoms with Gasteiger partial charge in [0.05, 0.1) is 11.0 Å². The lowest BCUT2D eigenvalue weighted by atomic mass is 9.82. The van der Waals surface area contributed by atoms with E-state index in [0.717, 1.165) is 69.9 Å². The summed E-state index contributed by atoms with van der Waals surface area (Å²) >= 11 is 0. The molecule has 2 aliphatic carbocycles. The number of nitrogens with zero attached hydrogens (tertiary/aromatic N) is 2. The summed E-state index contributed by atoms with van der Waals surface area (Å²) in [6.45, 7) is 0. The molecule has 0 spiro atoms. The van der Waals surface area contributed by atoms with Gasteiger partial charge in [-0.25, -0.2) is 13.8 Å². The highest BCUT2D eigenvalue weighted by atomic mass is 19.2. The van der Waals surface area contributed by atoms with E-state index in [0.29, 0.717) is 11.1 Å². The molecule has 2 aliphatic rings. The van der Waals surface area contributed by atoms with E-state index in [-0.39, 0.29) is 29.2 Å². The van der Waals surface area contributed by atoms with Gasteiger partial charge >= 0.3 is 0 Å². The molecule has 3 aromatic rings. The summed E-state index contributed by atoms with van der Waals surface area (Å²) in [5.41, 5.74) is 1.18. The van der Waals surface area contributed by atoms with Crippen LogP contribution in [0.2, 0.25) is 0 Å². The van der Waals surface area contributed by atoms with Crippen LogP contribution in [0.15, 0.2) is 42.5 Å². The molecule has 0 radical (unpaired) electrons. The van der Waals surface area contributed by atoms with Gasteiger partial charge in [-0.05, 0) is 37.2 Å². The lowest BCUT2D eigenvalue weighted by molar-refractivity contribution is -0.127. The summed E-state index contributed by atoms with van der Waals surface area (Å²) in [4.78, 5) is 18.5. The number of carbonyl (C=O) groups is 1. The van der Waals surface area contributed by atoms with Crippen molar-refractivity contribution in [3.05, 3.63) is 65.5 Å². The van der Waals surface area contributed by atoms with Crippen LogP contribution in [0, 0.1) is 17.6 Å². The van der Waals surface area contributed by atoms with E-state index in [2.05, 4.69) is 10.3 Å². The Morgan fingerprint density at radius 2 is 1.57 bits per heavy atom. The Labute approximate surface area is 204 Å². The number of carbonyl (C=O) groups excluding carboxylic acids is 1. The van der Waals surface area contributed by atoms with Crippen LogP contribution in [0.4, 0.5) is 8.78 Å². The Hall–Kier alpha value is -2.80. The van der Waals surface area contributed by atoms with E-state index < -0.39 is 23.8 Å². The molecule has 7 heteroatoms. The first kappa shape index (κ1) is 23.9. The number of hydrogen-bond acceptors (Lipinski definition) is 3. The molecular weight excluding hydrogens is 448 g/mol. The minimum atomic E-state index is -1.14. The summed E-state index contributed by atoms with van der Waals surface area (Å²) in [6, 6.07) is 10.7. The molecule has 1 aromatic heterocycles. The van der Waals surface area contributed by atoms with E-state index in [1.54, 1.807) is 16.7 Å². The van der Waals surface area contributed by atoms with Gasteiger partial charge in [-0.3, -0.25) is 4.79 Å². The molecule has 5 rings (SSSR count). The van der Waals surface area contributed by atoms with Crippen LogP contribution in [-0.2, 0) is 4.79 Å². The van der Waals surface area contributed by atoms with Crippen molar-refractivity contribution in [2.75, 3.05) is 0 Å². The molecule has 0 saturated heterocycles. The molecule has 2 atom stereocenters. The fourth-order valence-corrected chi connectivity index (χ4v) is 5.90. The second-order valence-corrected chi connectivity index (χ2v) is 10.1. The van der Waals surface area contributed by atoms with Crippen molar-refractivity contribution in [3.63, 3.8) is 0 Å². The van der Waals surface area contributed by atoms with Gasteiger partial charge in [-0.2, -0.15) is 0 Å². The first-order chi connectivity index (χ1) is 17.0. The van der Waals surface area contributed by atoms with Crippen molar-refractivity contribution in [1.82, 2.24) is 14.9 Å². The average molecular weight is 482 g/mol. The fourth-order valence-electron chi connectivity index (χ4n) is 5.90. The molecule has 0 bridgehead atoms.